The Kier molecular flexibility index (Phi) is 7.71. The van der Waals surface area contributed by atoms with Gasteiger partial charge in [-0.05, 0) is 37.6 Å². The fraction of sp³-hybridized carbons (Fsp3) is 0.619. The molecule has 0 bridgehead atoms. The summed E-state index contributed by atoms with van der Waals surface area (Å²) in [6.07, 6.45) is 2.92. The highest BCUT2D eigenvalue weighted by Crippen LogP contribution is 2.29. The molecule has 154 valence electrons. The molecule has 6 nitrogen and oxygen atoms in total. The first-order chi connectivity index (χ1) is 13.6. The van der Waals surface area contributed by atoms with Gasteiger partial charge in [0.2, 0.25) is 11.8 Å². The zero-order valence-corrected chi connectivity index (χ0v) is 17.5. The molecule has 2 aliphatic heterocycles. The lowest BCUT2D eigenvalue weighted by Gasteiger charge is -2.34. The molecule has 0 spiro atoms. The molecular weight excluding hydrogens is 376 g/mol. The van der Waals surface area contributed by atoms with Crippen molar-refractivity contribution in [3.05, 3.63) is 34.9 Å². The molecule has 1 aromatic carbocycles. The molecule has 2 heterocycles. The van der Waals surface area contributed by atoms with E-state index >= 15 is 0 Å². The number of rotatable bonds is 7. The average Bonchev–Trinajstić information content (AvgIpc) is 3.24. The second kappa shape index (κ2) is 10.2. The first kappa shape index (κ1) is 21.1. The molecule has 1 N–H and O–H groups in total. The van der Waals surface area contributed by atoms with Gasteiger partial charge in [-0.15, -0.1) is 0 Å². The zero-order valence-electron chi connectivity index (χ0n) is 16.7. The highest BCUT2D eigenvalue weighted by Gasteiger charge is 2.26. The van der Waals surface area contributed by atoms with E-state index in [9.17, 15) is 9.59 Å². The van der Waals surface area contributed by atoms with E-state index in [-0.39, 0.29) is 17.9 Å². The van der Waals surface area contributed by atoms with Crippen molar-refractivity contribution in [2.75, 3.05) is 52.4 Å². The molecule has 1 aromatic rings. The van der Waals surface area contributed by atoms with Crippen molar-refractivity contribution < 1.29 is 9.59 Å². The van der Waals surface area contributed by atoms with Gasteiger partial charge in [-0.3, -0.25) is 19.4 Å². The minimum Gasteiger partial charge on any atom is -0.353 e. The Morgan fingerprint density at radius 1 is 1.07 bits per heavy atom. The Morgan fingerprint density at radius 2 is 1.75 bits per heavy atom. The summed E-state index contributed by atoms with van der Waals surface area (Å²) in [6.45, 7) is 7.82. The molecule has 2 fully saturated rings. The highest BCUT2D eigenvalue weighted by molar-refractivity contribution is 6.31. The number of amides is 2. The topological polar surface area (TPSA) is 55.9 Å². The SMILES string of the molecule is CCC(=O)N1CCN(CC(=O)NCC(c2ccccc2Cl)N2CCCC2)CC1. The summed E-state index contributed by atoms with van der Waals surface area (Å²) in [5, 5.41) is 3.87. The summed E-state index contributed by atoms with van der Waals surface area (Å²) in [5.74, 6) is 0.226. The van der Waals surface area contributed by atoms with Crippen LogP contribution in [0.1, 0.15) is 37.8 Å². The maximum atomic E-state index is 12.5. The molecule has 2 saturated heterocycles. The summed E-state index contributed by atoms with van der Waals surface area (Å²) in [4.78, 5) is 30.7. The van der Waals surface area contributed by atoms with Crippen molar-refractivity contribution >= 4 is 23.4 Å². The van der Waals surface area contributed by atoms with Gasteiger partial charge in [0.15, 0.2) is 0 Å². The number of halogens is 1. The molecule has 1 unspecified atom stereocenters. The van der Waals surface area contributed by atoms with Crippen LogP contribution in [0.2, 0.25) is 5.02 Å². The number of likely N-dealkylation sites (tertiary alicyclic amines) is 1. The number of benzene rings is 1. The maximum absolute atomic E-state index is 12.5. The molecule has 28 heavy (non-hydrogen) atoms. The summed E-state index contributed by atoms with van der Waals surface area (Å²) >= 11 is 6.44. The average molecular weight is 407 g/mol. The van der Waals surface area contributed by atoms with E-state index in [1.54, 1.807) is 0 Å². The summed E-state index contributed by atoms with van der Waals surface area (Å²) in [5.41, 5.74) is 1.08. The maximum Gasteiger partial charge on any atom is 0.234 e. The van der Waals surface area contributed by atoms with E-state index in [1.807, 2.05) is 30.0 Å². The molecule has 2 amide bonds. The fourth-order valence-corrected chi connectivity index (χ4v) is 4.34. The van der Waals surface area contributed by atoms with Crippen molar-refractivity contribution in [3.63, 3.8) is 0 Å². The number of piperazine rings is 1. The lowest BCUT2D eigenvalue weighted by Crippen LogP contribution is -2.51. The highest BCUT2D eigenvalue weighted by atomic mass is 35.5. The molecule has 7 heteroatoms. The van der Waals surface area contributed by atoms with E-state index in [4.69, 9.17) is 11.6 Å². The predicted octanol–water partition coefficient (Wildman–Crippen LogP) is 2.15. The van der Waals surface area contributed by atoms with Crippen LogP contribution in [0.25, 0.3) is 0 Å². The second-order valence-corrected chi connectivity index (χ2v) is 8.00. The van der Waals surface area contributed by atoms with Gasteiger partial charge < -0.3 is 10.2 Å². The Bertz CT molecular complexity index is 670. The molecule has 3 rings (SSSR count). The second-order valence-electron chi connectivity index (χ2n) is 7.59. The summed E-state index contributed by atoms with van der Waals surface area (Å²) in [6, 6.07) is 8.02. The summed E-state index contributed by atoms with van der Waals surface area (Å²) < 4.78 is 0. The quantitative estimate of drug-likeness (QED) is 0.753. The van der Waals surface area contributed by atoms with Crippen molar-refractivity contribution in [2.45, 2.75) is 32.2 Å². The predicted molar refractivity (Wildman–Crippen MR) is 111 cm³/mol. The smallest absolute Gasteiger partial charge is 0.234 e. The zero-order chi connectivity index (χ0) is 19.9. The molecule has 0 radical (unpaired) electrons. The van der Waals surface area contributed by atoms with Gasteiger partial charge in [0.1, 0.15) is 0 Å². The normalized spacial score (nSPS) is 19.6. The monoisotopic (exact) mass is 406 g/mol. The van der Waals surface area contributed by atoms with Crippen LogP contribution >= 0.6 is 11.6 Å². The minimum atomic E-state index is 0.0338. The van der Waals surface area contributed by atoms with Gasteiger partial charge in [-0.1, -0.05) is 36.7 Å². The third-order valence-electron chi connectivity index (χ3n) is 5.73. The van der Waals surface area contributed by atoms with Crippen molar-refractivity contribution in [3.8, 4) is 0 Å². The number of carbonyl (C=O) groups is 2. The van der Waals surface area contributed by atoms with E-state index in [0.29, 0.717) is 32.6 Å². The van der Waals surface area contributed by atoms with Gasteiger partial charge in [-0.2, -0.15) is 0 Å². The van der Waals surface area contributed by atoms with Gasteiger partial charge in [0.05, 0.1) is 12.6 Å². The third kappa shape index (κ3) is 5.46. The first-order valence-electron chi connectivity index (χ1n) is 10.3. The van der Waals surface area contributed by atoms with Crippen molar-refractivity contribution in [2.24, 2.45) is 0 Å². The molecule has 2 aliphatic rings. The number of hydrogen-bond acceptors (Lipinski definition) is 4. The van der Waals surface area contributed by atoms with Crippen LogP contribution in [0.3, 0.4) is 0 Å². The van der Waals surface area contributed by atoms with Gasteiger partial charge >= 0.3 is 0 Å². The van der Waals surface area contributed by atoms with Crippen LogP contribution in [-0.2, 0) is 9.59 Å². The summed E-state index contributed by atoms with van der Waals surface area (Å²) in [7, 11) is 0. The standard InChI is InChI=1S/C21H31ClN4O2/c1-2-21(28)26-13-11-24(12-14-26)16-20(27)23-15-19(25-9-5-6-10-25)17-7-3-4-8-18(17)22/h3-4,7-8,19H,2,5-6,9-16H2,1H3,(H,23,27). The minimum absolute atomic E-state index is 0.0338. The first-order valence-corrected chi connectivity index (χ1v) is 10.7. The Balaban J connectivity index is 1.51. The van der Waals surface area contributed by atoms with Crippen molar-refractivity contribution in [1.82, 2.24) is 20.0 Å². The molecule has 1 atom stereocenters. The number of nitrogens with zero attached hydrogens (tertiary/aromatic N) is 3. The van der Waals surface area contributed by atoms with Crippen LogP contribution in [0, 0.1) is 0 Å². The van der Waals surface area contributed by atoms with E-state index < -0.39 is 0 Å². The van der Waals surface area contributed by atoms with E-state index in [2.05, 4.69) is 21.2 Å². The molecule has 0 saturated carbocycles. The molecule has 0 aliphatic carbocycles. The van der Waals surface area contributed by atoms with Gasteiger partial charge in [-0.25, -0.2) is 0 Å². The lowest BCUT2D eigenvalue weighted by atomic mass is 10.1. The number of hydrogen-bond donors (Lipinski definition) is 1. The van der Waals surface area contributed by atoms with E-state index in [0.717, 1.165) is 36.8 Å². The largest absolute Gasteiger partial charge is 0.353 e. The van der Waals surface area contributed by atoms with Crippen LogP contribution in [0.4, 0.5) is 0 Å². The Labute approximate surface area is 172 Å². The van der Waals surface area contributed by atoms with Crippen LogP contribution < -0.4 is 5.32 Å². The van der Waals surface area contributed by atoms with Gasteiger partial charge in [0, 0.05) is 44.2 Å². The fourth-order valence-electron chi connectivity index (χ4n) is 4.08. The van der Waals surface area contributed by atoms with Crippen LogP contribution in [0.15, 0.2) is 24.3 Å². The molecular formula is C21H31ClN4O2. The third-order valence-corrected chi connectivity index (χ3v) is 6.08. The van der Waals surface area contributed by atoms with Crippen LogP contribution in [-0.4, -0.2) is 78.9 Å². The molecule has 0 aromatic heterocycles. The van der Waals surface area contributed by atoms with E-state index in [1.165, 1.54) is 12.8 Å². The number of carbonyl (C=O) groups excluding carboxylic acids is 2. The Hall–Kier alpha value is -1.63. The van der Waals surface area contributed by atoms with Crippen molar-refractivity contribution in [1.29, 1.82) is 0 Å². The van der Waals surface area contributed by atoms with Gasteiger partial charge in [0.25, 0.3) is 0 Å². The van der Waals surface area contributed by atoms with Crippen LogP contribution in [0.5, 0.6) is 0 Å². The Morgan fingerprint density at radius 3 is 2.39 bits per heavy atom. The lowest BCUT2D eigenvalue weighted by molar-refractivity contribution is -0.132. The number of nitrogens with one attached hydrogen (secondary N) is 1.